The molecule has 37 heavy (non-hydrogen) atoms. The Morgan fingerprint density at radius 1 is 1.03 bits per heavy atom. The molecule has 2 aromatic carbocycles. The van der Waals surface area contributed by atoms with Crippen LogP contribution in [0.2, 0.25) is 0 Å². The van der Waals surface area contributed by atoms with Crippen molar-refractivity contribution >= 4 is 17.4 Å². The highest BCUT2D eigenvalue weighted by molar-refractivity contribution is 6.46. The van der Waals surface area contributed by atoms with Gasteiger partial charge in [-0.2, -0.15) is 0 Å². The standard InChI is InChI=1S/C29H38N2O6/c1-18(2)17-37-22-11-10-21(15-19(22)3)27(32)25-26(20-9-12-23(35-6)24(16-20)36-7)31(29(34)28(25)33)14-8-13-30(4)5/h9-12,15-16,18,26,32H,8,13-14,17H2,1-7H3/t26-/m0/s1. The number of carbonyl (C=O) groups is 2. The number of Topliss-reactive ketones (excluding diaryl/α,β-unsaturated/α-hetero) is 1. The molecule has 1 saturated heterocycles. The van der Waals surface area contributed by atoms with Gasteiger partial charge >= 0.3 is 0 Å². The number of aliphatic hydroxyl groups excluding tert-OH is 1. The number of benzene rings is 2. The van der Waals surface area contributed by atoms with Crippen molar-refractivity contribution in [2.75, 3.05) is 48.0 Å². The highest BCUT2D eigenvalue weighted by atomic mass is 16.5. The fourth-order valence-electron chi connectivity index (χ4n) is 4.41. The smallest absolute Gasteiger partial charge is 0.295 e. The van der Waals surface area contributed by atoms with E-state index in [4.69, 9.17) is 14.2 Å². The second-order valence-electron chi connectivity index (χ2n) is 9.95. The molecule has 0 aliphatic carbocycles. The molecular weight excluding hydrogens is 472 g/mol. The SMILES string of the molecule is COc1ccc([C@H]2C(=C(O)c3ccc(OCC(C)C)c(C)c3)C(=O)C(=O)N2CCCN(C)C)cc1OC. The molecule has 1 atom stereocenters. The van der Waals surface area contributed by atoms with Crippen LogP contribution in [-0.4, -0.2) is 74.6 Å². The molecular formula is C29H38N2O6. The average molecular weight is 511 g/mol. The summed E-state index contributed by atoms with van der Waals surface area (Å²) in [5, 5.41) is 11.4. The Morgan fingerprint density at radius 2 is 1.70 bits per heavy atom. The van der Waals surface area contributed by atoms with E-state index in [0.29, 0.717) is 53.9 Å². The predicted octanol–water partition coefficient (Wildman–Crippen LogP) is 4.42. The first kappa shape index (κ1) is 28.1. The number of methoxy groups -OCH3 is 2. The highest BCUT2D eigenvalue weighted by Gasteiger charge is 2.46. The Kier molecular flexibility index (Phi) is 9.21. The molecule has 1 aliphatic rings. The molecule has 0 bridgehead atoms. The topological polar surface area (TPSA) is 88.5 Å². The largest absolute Gasteiger partial charge is 0.507 e. The van der Waals surface area contributed by atoms with Crippen LogP contribution >= 0.6 is 0 Å². The van der Waals surface area contributed by atoms with E-state index in [9.17, 15) is 14.7 Å². The minimum atomic E-state index is -0.765. The maximum absolute atomic E-state index is 13.3. The molecule has 0 saturated carbocycles. The van der Waals surface area contributed by atoms with E-state index in [1.54, 1.807) is 43.5 Å². The second-order valence-corrected chi connectivity index (χ2v) is 9.95. The number of amides is 1. The Labute approximate surface area is 219 Å². The summed E-state index contributed by atoms with van der Waals surface area (Å²) in [7, 11) is 6.98. The number of likely N-dealkylation sites (tertiary alicyclic amines) is 1. The van der Waals surface area contributed by atoms with Crippen LogP contribution in [0.25, 0.3) is 5.76 Å². The predicted molar refractivity (Wildman–Crippen MR) is 143 cm³/mol. The van der Waals surface area contributed by atoms with Crippen molar-refractivity contribution in [1.29, 1.82) is 0 Å². The molecule has 2 aromatic rings. The van der Waals surface area contributed by atoms with Gasteiger partial charge in [0.1, 0.15) is 11.5 Å². The van der Waals surface area contributed by atoms with Crippen LogP contribution in [0.4, 0.5) is 0 Å². The summed E-state index contributed by atoms with van der Waals surface area (Å²) >= 11 is 0. The van der Waals surface area contributed by atoms with E-state index in [2.05, 4.69) is 13.8 Å². The summed E-state index contributed by atoms with van der Waals surface area (Å²) in [5.74, 6) is 0.536. The Balaban J connectivity index is 2.10. The van der Waals surface area contributed by atoms with Crippen LogP contribution < -0.4 is 14.2 Å². The molecule has 3 rings (SSSR count). The van der Waals surface area contributed by atoms with E-state index in [1.807, 2.05) is 25.9 Å². The van der Waals surface area contributed by atoms with Crippen LogP contribution in [0.1, 0.15) is 43.0 Å². The minimum absolute atomic E-state index is 0.0531. The number of carbonyl (C=O) groups excluding carboxylic acids is 2. The fraction of sp³-hybridized carbons (Fsp3) is 0.448. The first-order valence-electron chi connectivity index (χ1n) is 12.5. The van der Waals surface area contributed by atoms with Crippen molar-refractivity contribution < 1.29 is 28.9 Å². The molecule has 0 unspecified atom stereocenters. The van der Waals surface area contributed by atoms with Gasteiger partial charge in [0.15, 0.2) is 11.5 Å². The quantitative estimate of drug-likeness (QED) is 0.272. The number of hydrogen-bond donors (Lipinski definition) is 1. The number of aliphatic hydroxyl groups is 1. The normalized spacial score (nSPS) is 17.1. The van der Waals surface area contributed by atoms with Crippen molar-refractivity contribution in [2.24, 2.45) is 5.92 Å². The maximum Gasteiger partial charge on any atom is 0.295 e. The van der Waals surface area contributed by atoms with Crippen LogP contribution in [0.3, 0.4) is 0 Å². The molecule has 0 aromatic heterocycles. The summed E-state index contributed by atoms with van der Waals surface area (Å²) < 4.78 is 16.7. The number of aryl methyl sites for hydroxylation is 1. The van der Waals surface area contributed by atoms with Gasteiger partial charge in [0, 0.05) is 12.1 Å². The first-order valence-corrected chi connectivity index (χ1v) is 12.5. The molecule has 1 heterocycles. The van der Waals surface area contributed by atoms with Gasteiger partial charge in [0.2, 0.25) is 0 Å². The van der Waals surface area contributed by atoms with Crippen LogP contribution in [0.5, 0.6) is 17.2 Å². The van der Waals surface area contributed by atoms with E-state index in [0.717, 1.165) is 12.1 Å². The van der Waals surface area contributed by atoms with Crippen LogP contribution in [-0.2, 0) is 9.59 Å². The zero-order valence-electron chi connectivity index (χ0n) is 22.8. The van der Waals surface area contributed by atoms with Crippen molar-refractivity contribution in [3.05, 3.63) is 58.7 Å². The van der Waals surface area contributed by atoms with Crippen molar-refractivity contribution in [3.8, 4) is 17.2 Å². The summed E-state index contributed by atoms with van der Waals surface area (Å²) in [4.78, 5) is 30.1. The lowest BCUT2D eigenvalue weighted by Gasteiger charge is -2.26. The lowest BCUT2D eigenvalue weighted by Crippen LogP contribution is -2.32. The van der Waals surface area contributed by atoms with Gasteiger partial charge < -0.3 is 29.1 Å². The maximum atomic E-state index is 13.3. The van der Waals surface area contributed by atoms with Gasteiger partial charge in [-0.1, -0.05) is 19.9 Å². The third kappa shape index (κ3) is 6.25. The van der Waals surface area contributed by atoms with Crippen LogP contribution in [0, 0.1) is 12.8 Å². The second kappa shape index (κ2) is 12.1. The van der Waals surface area contributed by atoms with Gasteiger partial charge in [-0.05, 0) is 81.4 Å². The lowest BCUT2D eigenvalue weighted by molar-refractivity contribution is -0.139. The molecule has 8 heteroatoms. The molecule has 0 spiro atoms. The molecule has 0 radical (unpaired) electrons. The van der Waals surface area contributed by atoms with Gasteiger partial charge in [0.25, 0.3) is 11.7 Å². The van der Waals surface area contributed by atoms with Crippen LogP contribution in [0.15, 0.2) is 42.0 Å². The summed E-state index contributed by atoms with van der Waals surface area (Å²) in [6.07, 6.45) is 0.671. The molecule has 1 N–H and O–H groups in total. The Morgan fingerprint density at radius 3 is 2.30 bits per heavy atom. The number of hydrogen-bond acceptors (Lipinski definition) is 7. The number of ketones is 1. The molecule has 1 amide bonds. The van der Waals surface area contributed by atoms with Gasteiger partial charge in [-0.25, -0.2) is 0 Å². The lowest BCUT2D eigenvalue weighted by atomic mass is 9.94. The molecule has 1 aliphatic heterocycles. The van der Waals surface area contributed by atoms with E-state index >= 15 is 0 Å². The Hall–Kier alpha value is -3.52. The number of nitrogens with zero attached hydrogens (tertiary/aromatic N) is 2. The van der Waals surface area contributed by atoms with Crippen molar-refractivity contribution in [1.82, 2.24) is 9.80 Å². The summed E-state index contributed by atoms with van der Waals surface area (Å²) in [6, 6.07) is 9.77. The van der Waals surface area contributed by atoms with Crippen molar-refractivity contribution in [3.63, 3.8) is 0 Å². The van der Waals surface area contributed by atoms with Crippen molar-refractivity contribution in [2.45, 2.75) is 33.2 Å². The van der Waals surface area contributed by atoms with E-state index in [1.165, 1.54) is 12.0 Å². The van der Waals surface area contributed by atoms with Gasteiger partial charge in [0.05, 0.1) is 32.4 Å². The number of ether oxygens (including phenoxy) is 3. The van der Waals surface area contributed by atoms with Gasteiger partial charge in [-0.3, -0.25) is 9.59 Å². The highest BCUT2D eigenvalue weighted by Crippen LogP contribution is 2.42. The average Bonchev–Trinajstić information content (AvgIpc) is 3.11. The number of rotatable bonds is 11. The van der Waals surface area contributed by atoms with Gasteiger partial charge in [-0.15, -0.1) is 0 Å². The fourth-order valence-corrected chi connectivity index (χ4v) is 4.41. The molecule has 1 fully saturated rings. The third-order valence-electron chi connectivity index (χ3n) is 6.29. The molecule has 8 nitrogen and oxygen atoms in total. The third-order valence-corrected chi connectivity index (χ3v) is 6.29. The van der Waals surface area contributed by atoms with E-state index in [-0.39, 0.29) is 11.3 Å². The zero-order valence-corrected chi connectivity index (χ0v) is 22.8. The summed E-state index contributed by atoms with van der Waals surface area (Å²) in [6.45, 7) is 7.71. The summed E-state index contributed by atoms with van der Waals surface area (Å²) in [5.41, 5.74) is 1.98. The minimum Gasteiger partial charge on any atom is -0.507 e. The van der Waals surface area contributed by atoms with E-state index < -0.39 is 17.7 Å². The zero-order chi connectivity index (χ0) is 27.3. The monoisotopic (exact) mass is 510 g/mol. The Bertz CT molecular complexity index is 1170. The first-order chi connectivity index (χ1) is 17.6. The molecule has 200 valence electrons.